The number of halogens is 3. The maximum atomic E-state index is 11.7. The second-order valence-corrected chi connectivity index (χ2v) is 11.4. The number of carbonyl (C=O) groups excluding carboxylic acids is 1. The Morgan fingerprint density at radius 1 is 1.17 bits per heavy atom. The summed E-state index contributed by atoms with van der Waals surface area (Å²) in [6, 6.07) is 9.21. The van der Waals surface area contributed by atoms with Crippen molar-refractivity contribution >= 4 is 64.3 Å². The normalized spacial score (nSPS) is 27.1. The van der Waals surface area contributed by atoms with Crippen LogP contribution in [0.25, 0.3) is 12.2 Å². The van der Waals surface area contributed by atoms with E-state index in [4.69, 9.17) is 49.0 Å². The van der Waals surface area contributed by atoms with E-state index in [-0.39, 0.29) is 35.6 Å². The molecule has 4 nitrogen and oxygen atoms in total. The molecule has 1 aromatic carbocycles. The lowest BCUT2D eigenvalue weighted by molar-refractivity contribution is -0.192. The van der Waals surface area contributed by atoms with Crippen LogP contribution in [0.2, 0.25) is 10.0 Å². The van der Waals surface area contributed by atoms with E-state index >= 15 is 0 Å². The number of hydrogen-bond acceptors (Lipinski definition) is 5. The summed E-state index contributed by atoms with van der Waals surface area (Å²) < 4.78 is 17.1. The highest BCUT2D eigenvalue weighted by molar-refractivity contribution is 7.14. The average Bonchev–Trinajstić information content (AvgIpc) is 3.42. The second-order valence-electron chi connectivity index (χ2n) is 8.86. The fraction of sp³-hybridized carbons (Fsp3) is 0.444. The number of esters is 1. The third-order valence-electron chi connectivity index (χ3n) is 6.41. The van der Waals surface area contributed by atoms with Crippen molar-refractivity contribution in [1.29, 1.82) is 0 Å². The van der Waals surface area contributed by atoms with Crippen LogP contribution >= 0.6 is 46.1 Å². The molecule has 2 aliphatic rings. The summed E-state index contributed by atoms with van der Waals surface area (Å²) in [6.45, 7) is 0.740. The van der Waals surface area contributed by atoms with Gasteiger partial charge in [0.05, 0.1) is 13.2 Å². The van der Waals surface area contributed by atoms with Crippen molar-refractivity contribution in [2.75, 3.05) is 13.7 Å². The van der Waals surface area contributed by atoms with E-state index < -0.39 is 0 Å². The molecule has 1 unspecified atom stereocenters. The Hall–Kier alpha value is -1.34. The van der Waals surface area contributed by atoms with Crippen LogP contribution in [-0.2, 0) is 14.2 Å². The lowest BCUT2D eigenvalue weighted by atomic mass is 9.90. The Balaban J connectivity index is 1.50. The van der Waals surface area contributed by atoms with Gasteiger partial charge in [0.25, 0.3) is 0 Å². The summed E-state index contributed by atoms with van der Waals surface area (Å²) >= 11 is 20.7. The van der Waals surface area contributed by atoms with Gasteiger partial charge in [0.2, 0.25) is 0 Å². The smallest absolute Gasteiger partial charge is 0.348 e. The summed E-state index contributed by atoms with van der Waals surface area (Å²) in [5.74, 6) is -0.0191. The molecule has 1 saturated carbocycles. The quantitative estimate of drug-likeness (QED) is 0.244. The highest BCUT2D eigenvalue weighted by Crippen LogP contribution is 2.42. The van der Waals surface area contributed by atoms with Crippen molar-refractivity contribution in [1.82, 2.24) is 0 Å². The fourth-order valence-corrected chi connectivity index (χ4v) is 6.54. The van der Waals surface area contributed by atoms with Crippen molar-refractivity contribution in [2.45, 2.75) is 49.9 Å². The zero-order valence-electron chi connectivity index (χ0n) is 19.5. The number of thiophene rings is 1. The second kappa shape index (κ2) is 12.8. The van der Waals surface area contributed by atoms with Gasteiger partial charge in [-0.25, -0.2) is 4.79 Å². The first-order valence-electron chi connectivity index (χ1n) is 11.8. The summed E-state index contributed by atoms with van der Waals surface area (Å²) in [5, 5.41) is 1.17. The summed E-state index contributed by atoms with van der Waals surface area (Å²) in [4.78, 5) is 13.3. The Labute approximate surface area is 225 Å². The minimum Gasteiger partial charge on any atom is -0.465 e. The molecule has 1 aromatic heterocycles. The third-order valence-corrected chi connectivity index (χ3v) is 8.38. The van der Waals surface area contributed by atoms with Crippen LogP contribution in [0.15, 0.2) is 42.5 Å². The first-order chi connectivity index (χ1) is 16.9. The molecule has 8 heteroatoms. The molecule has 2 fully saturated rings. The van der Waals surface area contributed by atoms with Crippen LogP contribution < -0.4 is 0 Å². The molecule has 1 saturated heterocycles. The van der Waals surface area contributed by atoms with Crippen LogP contribution in [0, 0.1) is 11.8 Å². The topological polar surface area (TPSA) is 44.8 Å². The number of hydrogen-bond donors (Lipinski definition) is 0. The Kier molecular flexibility index (Phi) is 9.74. The fourth-order valence-electron chi connectivity index (χ4n) is 4.69. The molecule has 1 aliphatic heterocycles. The van der Waals surface area contributed by atoms with E-state index in [2.05, 4.69) is 12.2 Å². The molecule has 35 heavy (non-hydrogen) atoms. The SMILES string of the molecule is COC(=O)c1ccc(C=CC[C@@H]2[C@@H](C=Cc3cc(Cl)cc(Cl)c3)[C@H](OC3CCCCO3)C[C@H]2Cl)s1. The van der Waals surface area contributed by atoms with Gasteiger partial charge in [0.15, 0.2) is 6.29 Å². The molecule has 4 rings (SSSR count). The molecular weight excluding hydrogens is 527 g/mol. The number of alkyl halides is 1. The van der Waals surface area contributed by atoms with Crippen LogP contribution in [0.3, 0.4) is 0 Å². The number of ether oxygens (including phenoxy) is 3. The number of carbonyl (C=O) groups is 1. The zero-order valence-corrected chi connectivity index (χ0v) is 22.6. The molecule has 0 radical (unpaired) electrons. The maximum absolute atomic E-state index is 11.7. The average molecular weight is 556 g/mol. The minimum absolute atomic E-state index is 0.0280. The van der Waals surface area contributed by atoms with Gasteiger partial charge in [-0.05, 0) is 80.0 Å². The molecule has 5 atom stereocenters. The monoisotopic (exact) mass is 554 g/mol. The van der Waals surface area contributed by atoms with E-state index in [1.54, 1.807) is 12.1 Å². The Morgan fingerprint density at radius 3 is 2.69 bits per heavy atom. The molecule has 0 spiro atoms. The van der Waals surface area contributed by atoms with Gasteiger partial charge < -0.3 is 14.2 Å². The van der Waals surface area contributed by atoms with E-state index in [0.29, 0.717) is 14.9 Å². The molecule has 0 amide bonds. The number of allylic oxidation sites excluding steroid dienone is 1. The zero-order chi connectivity index (χ0) is 24.8. The largest absolute Gasteiger partial charge is 0.465 e. The molecule has 2 aromatic rings. The predicted octanol–water partition coefficient (Wildman–Crippen LogP) is 8.11. The van der Waals surface area contributed by atoms with E-state index in [9.17, 15) is 4.79 Å². The predicted molar refractivity (Wildman–Crippen MR) is 145 cm³/mol. The lowest BCUT2D eigenvalue weighted by Crippen LogP contribution is -2.30. The van der Waals surface area contributed by atoms with Crippen molar-refractivity contribution in [3.63, 3.8) is 0 Å². The molecule has 0 N–H and O–H groups in total. The standard InChI is InChI=1S/C27H29Cl3O4S/c1-32-27(31)25-11-9-20(35-25)5-4-6-21-22(10-8-17-13-18(28)15-19(29)14-17)24(16-23(21)30)34-26-7-2-3-12-33-26/h4-5,8-11,13-15,21-24,26H,2-3,6-7,12,16H2,1H3/t21-,22-,23-,24-,26?/m1/s1. The van der Waals surface area contributed by atoms with Crippen molar-refractivity contribution in [3.8, 4) is 0 Å². The van der Waals surface area contributed by atoms with E-state index in [1.165, 1.54) is 18.4 Å². The van der Waals surface area contributed by atoms with Gasteiger partial charge in [-0.15, -0.1) is 22.9 Å². The Morgan fingerprint density at radius 2 is 1.97 bits per heavy atom. The molecule has 1 aliphatic carbocycles. The van der Waals surface area contributed by atoms with Gasteiger partial charge in [0.1, 0.15) is 4.88 Å². The van der Waals surface area contributed by atoms with Crippen molar-refractivity contribution in [2.24, 2.45) is 11.8 Å². The molecule has 2 heterocycles. The van der Waals surface area contributed by atoms with Crippen LogP contribution in [-0.4, -0.2) is 37.5 Å². The van der Waals surface area contributed by atoms with Crippen molar-refractivity contribution < 1.29 is 19.0 Å². The molecule has 188 valence electrons. The highest BCUT2D eigenvalue weighted by Gasteiger charge is 2.42. The van der Waals surface area contributed by atoms with E-state index in [0.717, 1.165) is 49.2 Å². The summed E-state index contributed by atoms with van der Waals surface area (Å²) in [5.41, 5.74) is 0.941. The number of benzene rings is 1. The van der Waals surface area contributed by atoms with E-state index in [1.807, 2.05) is 30.4 Å². The Bertz CT molecular complexity index is 1040. The highest BCUT2D eigenvalue weighted by atomic mass is 35.5. The first-order valence-corrected chi connectivity index (χ1v) is 13.8. The maximum Gasteiger partial charge on any atom is 0.348 e. The molecular formula is C27H29Cl3O4S. The van der Waals surface area contributed by atoms with Gasteiger partial charge in [-0.3, -0.25) is 0 Å². The molecule has 0 bridgehead atoms. The van der Waals surface area contributed by atoms with Gasteiger partial charge in [0, 0.05) is 32.8 Å². The third kappa shape index (κ3) is 7.34. The van der Waals surface area contributed by atoms with Crippen LogP contribution in [0.4, 0.5) is 0 Å². The summed E-state index contributed by atoms with van der Waals surface area (Å²) in [6.07, 6.45) is 12.8. The number of methoxy groups -OCH3 is 1. The van der Waals surface area contributed by atoms with Gasteiger partial charge >= 0.3 is 5.97 Å². The summed E-state index contributed by atoms with van der Waals surface area (Å²) in [7, 11) is 1.39. The van der Waals surface area contributed by atoms with Crippen LogP contribution in [0.5, 0.6) is 0 Å². The first kappa shape index (κ1) is 26.7. The van der Waals surface area contributed by atoms with Crippen LogP contribution in [0.1, 0.15) is 52.2 Å². The van der Waals surface area contributed by atoms with Crippen molar-refractivity contribution in [3.05, 3.63) is 67.8 Å². The van der Waals surface area contributed by atoms with Gasteiger partial charge in [-0.2, -0.15) is 0 Å². The lowest BCUT2D eigenvalue weighted by Gasteiger charge is -2.29. The number of rotatable bonds is 8. The van der Waals surface area contributed by atoms with Gasteiger partial charge in [-0.1, -0.05) is 41.4 Å². The minimum atomic E-state index is -0.317.